The first-order chi connectivity index (χ1) is 7.68. The molecule has 0 saturated carbocycles. The molecule has 0 aromatic carbocycles. The molecule has 0 atom stereocenters. The van der Waals surface area contributed by atoms with Crippen LogP contribution in [0.15, 0.2) is 0 Å². The van der Waals surface area contributed by atoms with Crippen LogP contribution in [-0.4, -0.2) is 50.5 Å². The summed E-state index contributed by atoms with van der Waals surface area (Å²) in [5, 5.41) is 21.0. The van der Waals surface area contributed by atoms with Gasteiger partial charge in [0.2, 0.25) is 0 Å². The average molecular weight is 406 g/mol. The molecule has 0 rings (SSSR count). The van der Waals surface area contributed by atoms with Gasteiger partial charge in [0, 0.05) is 5.48 Å². The molecule has 0 heterocycles. The molecule has 0 aliphatic heterocycles. The molecule has 0 fully saturated rings. The van der Waals surface area contributed by atoms with Crippen molar-refractivity contribution in [3.63, 3.8) is 0 Å². The molecule has 0 unspecified atom stereocenters. The van der Waals surface area contributed by atoms with Crippen molar-refractivity contribution >= 4 is 58.2 Å². The van der Waals surface area contributed by atoms with E-state index in [1.807, 2.05) is 0 Å². The van der Waals surface area contributed by atoms with E-state index < -0.39 is 23.5 Å². The smallest absolute Gasteiger partial charge is 0.788 e. The van der Waals surface area contributed by atoms with Crippen molar-refractivity contribution in [3.05, 3.63) is 0 Å². The summed E-state index contributed by atoms with van der Waals surface area (Å²) in [6.45, 7) is 0. The monoisotopic (exact) mass is 406 g/mol. The minimum atomic E-state index is -5.09. The third kappa shape index (κ3) is 75.0. The molecule has 0 spiro atoms. The van der Waals surface area contributed by atoms with Crippen LogP contribution in [0.5, 0.6) is 0 Å². The van der Waals surface area contributed by atoms with Crippen LogP contribution < -0.4 is 29.4 Å². The molecule has 0 amide bonds. The zero-order valence-electron chi connectivity index (χ0n) is 9.15. The quantitative estimate of drug-likeness (QED) is 0.170. The van der Waals surface area contributed by atoms with E-state index in [-0.39, 0.29) is 40.2 Å². The molecule has 3 N–H and O–H groups in total. The molecular formula is H3Al2O16P3. The van der Waals surface area contributed by atoms with E-state index >= 15 is 0 Å². The summed E-state index contributed by atoms with van der Waals surface area (Å²) in [7, 11) is -15.3. The van der Waals surface area contributed by atoms with E-state index in [4.69, 9.17) is 58.8 Å². The molecule has 0 aromatic rings. The molecular weight excluding hydrogens is 403 g/mol. The molecule has 0 bridgehead atoms. The fourth-order valence-electron chi connectivity index (χ4n) is 0. The van der Waals surface area contributed by atoms with Gasteiger partial charge in [-0.2, -0.15) is 0 Å². The summed E-state index contributed by atoms with van der Waals surface area (Å²) in [5.74, 6) is 0. The Morgan fingerprint density at radius 2 is 0.619 bits per heavy atom. The fourth-order valence-corrected chi connectivity index (χ4v) is 0. The zero-order chi connectivity index (χ0) is 15.6. The maximum atomic E-state index is 9.00. The van der Waals surface area contributed by atoms with Gasteiger partial charge in [-0.3, -0.25) is 0 Å². The third-order valence-electron chi connectivity index (χ3n) is 0.300. The Kier molecular flexibility index (Phi) is 31.9. The van der Waals surface area contributed by atoms with E-state index in [1.54, 1.807) is 0 Å². The Balaban J connectivity index is -0.0000000375. The van der Waals surface area contributed by atoms with Crippen molar-refractivity contribution in [3.8, 4) is 0 Å². The minimum absolute atomic E-state index is 0. The van der Waals surface area contributed by atoms with Gasteiger partial charge in [0.1, 0.15) is 0 Å². The molecule has 16 nitrogen and oxygen atoms in total. The van der Waals surface area contributed by atoms with Gasteiger partial charge in [0.25, 0.3) is 0 Å². The van der Waals surface area contributed by atoms with Crippen molar-refractivity contribution in [1.29, 1.82) is 0 Å². The molecule has 2 radical (unpaired) electrons. The average Bonchev–Trinajstić information content (AvgIpc) is 2.16. The topological polar surface area (TPSA) is 306 Å². The predicted molar refractivity (Wildman–Crippen MR) is 46.2 cm³/mol. The predicted octanol–water partition coefficient (Wildman–Crippen LogP) is -5.97. The molecule has 0 aromatic heterocycles. The largest absolute Gasteiger partial charge is 3.00 e. The number of phosphoric acid groups is 3. The van der Waals surface area contributed by atoms with E-state index in [0.29, 0.717) is 0 Å². The number of rotatable bonds is 3. The maximum absolute atomic E-state index is 9.00. The summed E-state index contributed by atoms with van der Waals surface area (Å²) in [4.78, 5) is 54.0. The van der Waals surface area contributed by atoms with Crippen LogP contribution in [0.25, 0.3) is 0 Å². The van der Waals surface area contributed by atoms with E-state index in [2.05, 4.69) is 14.0 Å². The molecule has 0 aliphatic rings. The summed E-state index contributed by atoms with van der Waals surface area (Å²) in [6, 6.07) is 0. The van der Waals surface area contributed by atoms with Gasteiger partial charge < -0.3 is 43.1 Å². The second-order valence-electron chi connectivity index (χ2n) is 1.59. The van der Waals surface area contributed by atoms with Crippen molar-refractivity contribution in [1.82, 2.24) is 0 Å². The van der Waals surface area contributed by atoms with Crippen LogP contribution in [-0.2, 0) is 33.2 Å². The second kappa shape index (κ2) is 17.6. The van der Waals surface area contributed by atoms with Crippen LogP contribution in [0.4, 0.5) is 0 Å². The van der Waals surface area contributed by atoms with E-state index in [0.717, 1.165) is 0 Å². The minimum Gasteiger partial charge on any atom is -0.788 e. The van der Waals surface area contributed by atoms with Gasteiger partial charge in [0.15, 0.2) is 0 Å². The fraction of sp³-hybridized carbons (Fsp3) is 0. The first kappa shape index (κ1) is 38.0. The summed E-state index contributed by atoms with van der Waals surface area (Å²) in [5.41, 5.74) is 0. The van der Waals surface area contributed by atoms with Gasteiger partial charge in [-0.15, -0.1) is 0 Å². The summed E-state index contributed by atoms with van der Waals surface area (Å²) in [6.07, 6.45) is 0. The van der Waals surface area contributed by atoms with Crippen LogP contribution in [0, 0.1) is 0 Å². The second-order valence-corrected chi connectivity index (χ2v) is 4.76. The summed E-state index contributed by atoms with van der Waals surface area (Å²) >= 11 is 0. The Morgan fingerprint density at radius 3 is 0.619 bits per heavy atom. The molecule has 120 valence electrons. The van der Waals surface area contributed by atoms with Gasteiger partial charge >= 0.3 is 34.7 Å². The van der Waals surface area contributed by atoms with Crippen LogP contribution in [0.1, 0.15) is 0 Å². The van der Waals surface area contributed by atoms with E-state index in [9.17, 15) is 0 Å². The van der Waals surface area contributed by atoms with Crippen molar-refractivity contribution < 1.29 is 78.3 Å². The van der Waals surface area contributed by atoms with Crippen LogP contribution >= 0.6 is 23.5 Å². The molecule has 0 saturated heterocycles. The standard InChI is InChI=1S/2Al.3H3O5P.O/c;;3*1-5-6(2,3)4;/h;;3*1H,(H2,2,3,4);/q2*+3;;;;/p-6. The van der Waals surface area contributed by atoms with Crippen LogP contribution in [0.2, 0.25) is 0 Å². The Labute approximate surface area is 137 Å². The molecule has 21 heavy (non-hydrogen) atoms. The molecule has 21 heteroatoms. The molecule has 0 aliphatic carbocycles. The summed E-state index contributed by atoms with van der Waals surface area (Å²) < 4.78 is 34.1. The van der Waals surface area contributed by atoms with Gasteiger partial charge in [-0.25, -0.2) is 29.8 Å². The Hall–Kier alpha value is 1.23. The third-order valence-corrected chi connectivity index (χ3v) is 0.900. The first-order valence-corrected chi connectivity index (χ1v) is 7.12. The number of hydrogen-bond donors (Lipinski definition) is 3. The van der Waals surface area contributed by atoms with Crippen molar-refractivity contribution in [2.24, 2.45) is 0 Å². The van der Waals surface area contributed by atoms with Crippen molar-refractivity contribution in [2.75, 3.05) is 0 Å². The Morgan fingerprint density at radius 1 is 0.571 bits per heavy atom. The normalized spacial score (nSPS) is 10.1. The zero-order valence-corrected chi connectivity index (χ0v) is 14.1. The van der Waals surface area contributed by atoms with Crippen molar-refractivity contribution in [2.45, 2.75) is 0 Å². The van der Waals surface area contributed by atoms with Gasteiger partial charge in [-0.1, -0.05) is 0 Å². The van der Waals surface area contributed by atoms with Crippen LogP contribution in [0.3, 0.4) is 0 Å². The van der Waals surface area contributed by atoms with Gasteiger partial charge in [-0.05, 0) is 0 Å². The SMILES string of the molecule is O=P([O-])([O-])OO.O=P([O-])([O-])OO.O=P([O-])([O-])OO.[Al+3].[Al+3].[O]. The number of hydrogen-bond acceptors (Lipinski definition) is 15. The van der Waals surface area contributed by atoms with E-state index in [1.165, 1.54) is 0 Å². The Bertz CT molecular complexity index is 266. The van der Waals surface area contributed by atoms with Gasteiger partial charge in [0.05, 0.1) is 23.5 Å². The first-order valence-electron chi connectivity index (χ1n) is 2.74. The maximum Gasteiger partial charge on any atom is 3.00 e.